The van der Waals surface area contributed by atoms with Crippen molar-refractivity contribution in [3.8, 4) is 5.75 Å². The second kappa shape index (κ2) is 5.07. The van der Waals surface area contributed by atoms with E-state index in [0.717, 1.165) is 25.8 Å². The van der Waals surface area contributed by atoms with Gasteiger partial charge in [-0.2, -0.15) is 0 Å². The summed E-state index contributed by atoms with van der Waals surface area (Å²) in [5.41, 5.74) is 2.56. The highest BCUT2D eigenvalue weighted by Crippen LogP contribution is 2.58. The van der Waals surface area contributed by atoms with E-state index in [1.807, 2.05) is 6.07 Å². The smallest absolute Gasteiger partial charge is 0.136 e. The normalized spacial score (nSPS) is 39.7. The third-order valence-electron chi connectivity index (χ3n) is 7.16. The summed E-state index contributed by atoms with van der Waals surface area (Å²) in [6.07, 6.45) is 3.82. The van der Waals surface area contributed by atoms with Gasteiger partial charge in [0.05, 0.1) is 0 Å². The van der Waals surface area contributed by atoms with E-state index >= 15 is 0 Å². The van der Waals surface area contributed by atoms with Crippen LogP contribution in [0, 0.1) is 17.8 Å². The maximum atomic E-state index is 12.8. The molecule has 1 aromatic carbocycles. The summed E-state index contributed by atoms with van der Waals surface area (Å²) in [7, 11) is 2.24. The van der Waals surface area contributed by atoms with Gasteiger partial charge in [0.1, 0.15) is 11.5 Å². The van der Waals surface area contributed by atoms with E-state index in [1.54, 1.807) is 6.07 Å². The van der Waals surface area contributed by atoms with Gasteiger partial charge in [-0.15, -0.1) is 0 Å². The number of rotatable bonds is 1. The molecule has 1 N–H and O–H groups in total. The maximum absolute atomic E-state index is 12.8. The highest BCUT2D eigenvalue weighted by Gasteiger charge is 2.59. The summed E-state index contributed by atoms with van der Waals surface area (Å²) in [6, 6.07) is 6.37. The van der Waals surface area contributed by atoms with Gasteiger partial charge in [0.25, 0.3) is 0 Å². The lowest BCUT2D eigenvalue weighted by Crippen LogP contribution is -2.64. The highest BCUT2D eigenvalue weighted by atomic mass is 16.3. The molecule has 4 rings (SSSR count). The number of aromatic hydroxyl groups is 1. The standard InChI is InChI=1S/C20H27NO2/c1-4-15-12(2)18(23)11-20-7-8-21(3)17(19(15)20)9-13-5-6-14(22)10-16(13)20/h5-6,10,12,15,17,19,22H,4,7-9,11H2,1-3H3/t12-,15-,17?,19-,20?/m1/s1. The van der Waals surface area contributed by atoms with Crippen LogP contribution < -0.4 is 0 Å². The predicted molar refractivity (Wildman–Crippen MR) is 90.6 cm³/mol. The van der Waals surface area contributed by atoms with Gasteiger partial charge in [-0.05, 0) is 61.5 Å². The van der Waals surface area contributed by atoms with Crippen molar-refractivity contribution in [2.75, 3.05) is 13.6 Å². The molecule has 1 aliphatic heterocycles. The largest absolute Gasteiger partial charge is 0.508 e. The molecule has 0 radical (unpaired) electrons. The predicted octanol–water partition coefficient (Wildman–Crippen LogP) is 3.14. The number of nitrogens with zero attached hydrogens (tertiary/aromatic N) is 1. The Kier molecular flexibility index (Phi) is 3.35. The van der Waals surface area contributed by atoms with E-state index in [0.29, 0.717) is 35.8 Å². The van der Waals surface area contributed by atoms with E-state index in [9.17, 15) is 9.90 Å². The van der Waals surface area contributed by atoms with Crippen molar-refractivity contribution in [1.29, 1.82) is 0 Å². The minimum atomic E-state index is -0.0478. The van der Waals surface area contributed by atoms with Crippen LogP contribution >= 0.6 is 0 Å². The molecule has 2 bridgehead atoms. The lowest BCUT2D eigenvalue weighted by molar-refractivity contribution is -0.138. The highest BCUT2D eigenvalue weighted by molar-refractivity contribution is 5.84. The SMILES string of the molecule is CC[C@@H]1[C@@H](C)C(=O)CC23CCN(C)C(Cc4ccc(O)cc42)[C@@H]13. The van der Waals surface area contributed by atoms with Crippen molar-refractivity contribution in [2.45, 2.75) is 51.0 Å². The third kappa shape index (κ3) is 1.95. The van der Waals surface area contributed by atoms with Gasteiger partial charge in [0, 0.05) is 23.8 Å². The first-order valence-electron chi connectivity index (χ1n) is 9.03. The van der Waals surface area contributed by atoms with Crippen molar-refractivity contribution in [3.05, 3.63) is 29.3 Å². The van der Waals surface area contributed by atoms with Crippen LogP contribution in [0.15, 0.2) is 18.2 Å². The zero-order valence-corrected chi connectivity index (χ0v) is 14.4. The van der Waals surface area contributed by atoms with Crippen LogP contribution in [0.5, 0.6) is 5.75 Å². The van der Waals surface area contributed by atoms with Gasteiger partial charge in [-0.3, -0.25) is 4.79 Å². The number of fused-ring (bicyclic) bond motifs is 1. The van der Waals surface area contributed by atoms with Gasteiger partial charge in [0.2, 0.25) is 0 Å². The minimum Gasteiger partial charge on any atom is -0.508 e. The number of hydrogen-bond donors (Lipinski definition) is 1. The lowest BCUT2D eigenvalue weighted by atomic mass is 9.47. The topological polar surface area (TPSA) is 40.5 Å². The Balaban J connectivity index is 1.94. The summed E-state index contributed by atoms with van der Waals surface area (Å²) in [5.74, 6) is 1.93. The molecule has 23 heavy (non-hydrogen) atoms. The Labute approximate surface area is 138 Å². The summed E-state index contributed by atoms with van der Waals surface area (Å²) in [6.45, 7) is 5.42. The van der Waals surface area contributed by atoms with Crippen LogP contribution in [-0.4, -0.2) is 35.4 Å². The average molecular weight is 313 g/mol. The number of Topliss-reactive ketones (excluding diaryl/α,β-unsaturated/α-hetero) is 1. The molecule has 124 valence electrons. The third-order valence-corrected chi connectivity index (χ3v) is 7.16. The molecule has 0 spiro atoms. The Morgan fingerprint density at radius 3 is 2.91 bits per heavy atom. The van der Waals surface area contributed by atoms with E-state index in [4.69, 9.17) is 0 Å². The van der Waals surface area contributed by atoms with Crippen LogP contribution in [0.1, 0.15) is 44.2 Å². The molecule has 5 atom stereocenters. The molecule has 2 fully saturated rings. The molecule has 1 saturated carbocycles. The van der Waals surface area contributed by atoms with Gasteiger partial charge in [0.15, 0.2) is 0 Å². The number of likely N-dealkylation sites (N-methyl/N-ethyl adjacent to an activating group) is 1. The van der Waals surface area contributed by atoms with Crippen molar-refractivity contribution in [3.63, 3.8) is 0 Å². The van der Waals surface area contributed by atoms with Gasteiger partial charge in [-0.25, -0.2) is 0 Å². The van der Waals surface area contributed by atoms with E-state index in [2.05, 4.69) is 31.9 Å². The van der Waals surface area contributed by atoms with Crippen LogP contribution in [0.4, 0.5) is 0 Å². The molecule has 2 aliphatic carbocycles. The number of carbonyl (C=O) groups excluding carboxylic acids is 1. The lowest BCUT2D eigenvalue weighted by Gasteiger charge is -2.61. The second-order valence-corrected chi connectivity index (χ2v) is 8.03. The van der Waals surface area contributed by atoms with Crippen LogP contribution in [0.25, 0.3) is 0 Å². The number of piperidine rings is 1. The van der Waals surface area contributed by atoms with Crippen molar-refractivity contribution in [1.82, 2.24) is 4.90 Å². The fourth-order valence-corrected chi connectivity index (χ4v) is 6.00. The molecule has 0 aromatic heterocycles. The number of ketones is 1. The number of phenols is 1. The first-order chi connectivity index (χ1) is 11.0. The molecule has 2 unspecified atom stereocenters. The van der Waals surface area contributed by atoms with Crippen molar-refractivity contribution >= 4 is 5.78 Å². The molecule has 0 amide bonds. The molecule has 3 heteroatoms. The Morgan fingerprint density at radius 2 is 2.17 bits per heavy atom. The van der Waals surface area contributed by atoms with Crippen LogP contribution in [-0.2, 0) is 16.6 Å². The summed E-state index contributed by atoms with van der Waals surface area (Å²) in [4.78, 5) is 15.3. The molecule has 3 aliphatic rings. The zero-order valence-electron chi connectivity index (χ0n) is 14.4. The van der Waals surface area contributed by atoms with Gasteiger partial charge < -0.3 is 10.0 Å². The first kappa shape index (κ1) is 15.2. The Hall–Kier alpha value is -1.35. The van der Waals surface area contributed by atoms with E-state index in [-0.39, 0.29) is 11.3 Å². The molecule has 1 heterocycles. The van der Waals surface area contributed by atoms with E-state index < -0.39 is 0 Å². The van der Waals surface area contributed by atoms with Crippen molar-refractivity contribution < 1.29 is 9.90 Å². The first-order valence-corrected chi connectivity index (χ1v) is 9.03. The Morgan fingerprint density at radius 1 is 1.39 bits per heavy atom. The summed E-state index contributed by atoms with van der Waals surface area (Å²) < 4.78 is 0. The molecule has 1 aromatic rings. The monoisotopic (exact) mass is 313 g/mol. The second-order valence-electron chi connectivity index (χ2n) is 8.03. The average Bonchev–Trinajstić information content (AvgIpc) is 2.53. The Bertz CT molecular complexity index is 655. The summed E-state index contributed by atoms with van der Waals surface area (Å²) in [5, 5.41) is 10.1. The summed E-state index contributed by atoms with van der Waals surface area (Å²) >= 11 is 0. The van der Waals surface area contributed by atoms with Gasteiger partial charge >= 0.3 is 0 Å². The quantitative estimate of drug-likeness (QED) is 0.866. The van der Waals surface area contributed by atoms with Crippen molar-refractivity contribution in [2.24, 2.45) is 17.8 Å². The van der Waals surface area contributed by atoms with Crippen LogP contribution in [0.3, 0.4) is 0 Å². The van der Waals surface area contributed by atoms with Crippen LogP contribution in [0.2, 0.25) is 0 Å². The van der Waals surface area contributed by atoms with Gasteiger partial charge in [-0.1, -0.05) is 26.3 Å². The van der Waals surface area contributed by atoms with E-state index in [1.165, 1.54) is 11.1 Å². The molecule has 1 saturated heterocycles. The number of hydrogen-bond acceptors (Lipinski definition) is 3. The fourth-order valence-electron chi connectivity index (χ4n) is 6.00. The molecule has 3 nitrogen and oxygen atoms in total. The zero-order chi connectivity index (χ0) is 16.4. The molecular formula is C20H27NO2. The number of phenolic OH excluding ortho intramolecular Hbond substituents is 1. The minimum absolute atomic E-state index is 0.0478. The fraction of sp³-hybridized carbons (Fsp3) is 0.650. The maximum Gasteiger partial charge on any atom is 0.136 e. The number of likely N-dealkylation sites (tertiary alicyclic amines) is 1. The molecular weight excluding hydrogens is 286 g/mol. The number of carbonyl (C=O) groups is 1. The number of benzene rings is 1.